The van der Waals surface area contributed by atoms with Crippen molar-refractivity contribution in [3.8, 4) is 0 Å². The summed E-state index contributed by atoms with van der Waals surface area (Å²) in [6.07, 6.45) is 0. The summed E-state index contributed by atoms with van der Waals surface area (Å²) in [7, 11) is 3.29. The molecule has 7 nitrogen and oxygen atoms in total. The summed E-state index contributed by atoms with van der Waals surface area (Å²) in [5, 5.41) is 5.05. The van der Waals surface area contributed by atoms with Gasteiger partial charge in [0.2, 0.25) is 0 Å². The van der Waals surface area contributed by atoms with Crippen molar-refractivity contribution < 1.29 is 24.4 Å². The van der Waals surface area contributed by atoms with E-state index in [1.165, 1.54) is 4.90 Å². The van der Waals surface area contributed by atoms with Gasteiger partial charge in [0, 0.05) is 19.7 Å². The highest BCUT2D eigenvalue weighted by Crippen LogP contribution is 2.34. The second kappa shape index (κ2) is 10.2. The average Bonchev–Trinajstić information content (AvgIpc) is 3.01. The number of ether oxygens (including phenoxy) is 1. The highest BCUT2D eigenvalue weighted by atomic mass is 32.1. The molecule has 2 rings (SSSR count). The lowest BCUT2D eigenvalue weighted by Gasteiger charge is -2.11. The van der Waals surface area contributed by atoms with Gasteiger partial charge in [0.15, 0.2) is 6.54 Å². The van der Waals surface area contributed by atoms with Gasteiger partial charge in [0.1, 0.15) is 11.0 Å². The quantitative estimate of drug-likeness (QED) is 0.643. The van der Waals surface area contributed by atoms with Gasteiger partial charge in [-0.2, -0.15) is 0 Å². The van der Waals surface area contributed by atoms with Gasteiger partial charge < -0.3 is 20.3 Å². The maximum Gasteiger partial charge on any atom is 0.341 e. The van der Waals surface area contributed by atoms with Crippen molar-refractivity contribution >= 4 is 34.1 Å². The van der Waals surface area contributed by atoms with E-state index in [0.717, 1.165) is 16.9 Å². The summed E-state index contributed by atoms with van der Waals surface area (Å²) in [6.45, 7) is 5.82. The third-order valence-electron chi connectivity index (χ3n) is 4.46. The third-order valence-corrected chi connectivity index (χ3v) is 5.66. The zero-order valence-corrected chi connectivity index (χ0v) is 18.3. The van der Waals surface area contributed by atoms with E-state index in [4.69, 9.17) is 4.74 Å². The highest BCUT2D eigenvalue weighted by Gasteiger charge is 2.27. The smallest absolute Gasteiger partial charge is 0.341 e. The Morgan fingerprint density at radius 2 is 1.86 bits per heavy atom. The van der Waals surface area contributed by atoms with Crippen LogP contribution in [0.15, 0.2) is 30.3 Å². The molecular formula is C21H28N3O4S+. The Kier molecular flexibility index (Phi) is 7.92. The molecule has 0 aliphatic carbocycles. The molecule has 0 radical (unpaired) electrons. The van der Waals surface area contributed by atoms with Gasteiger partial charge in [-0.05, 0) is 26.3 Å². The minimum absolute atomic E-state index is 0.113. The van der Waals surface area contributed by atoms with Crippen LogP contribution in [0.5, 0.6) is 0 Å². The molecule has 0 aliphatic rings. The lowest BCUT2D eigenvalue weighted by molar-refractivity contribution is -0.682. The SMILES string of the molecule is CCOC(=O)c1c(NC(=O)C[NH2+][C@@H](C)c2ccccc2)sc(C(=O)N(C)C)c1C. The molecule has 0 unspecified atom stereocenters. The van der Waals surface area contributed by atoms with E-state index in [0.29, 0.717) is 15.4 Å². The van der Waals surface area contributed by atoms with Crippen LogP contribution in [0.2, 0.25) is 0 Å². The number of carbonyl (C=O) groups excluding carboxylic acids is 3. The summed E-state index contributed by atoms with van der Waals surface area (Å²) < 4.78 is 5.12. The van der Waals surface area contributed by atoms with Crippen LogP contribution in [0.25, 0.3) is 0 Å². The number of thiophene rings is 1. The molecule has 2 amide bonds. The first-order chi connectivity index (χ1) is 13.8. The number of quaternary nitrogens is 1. The zero-order valence-electron chi connectivity index (χ0n) is 17.4. The Balaban J connectivity index is 2.17. The van der Waals surface area contributed by atoms with E-state index in [9.17, 15) is 14.4 Å². The molecule has 8 heteroatoms. The fraction of sp³-hybridized carbons (Fsp3) is 0.381. The van der Waals surface area contributed by atoms with Crippen LogP contribution >= 0.6 is 11.3 Å². The summed E-state index contributed by atoms with van der Waals surface area (Å²) >= 11 is 1.10. The first-order valence-corrected chi connectivity index (χ1v) is 10.3. The zero-order chi connectivity index (χ0) is 21.6. The van der Waals surface area contributed by atoms with Crippen LogP contribution in [0.3, 0.4) is 0 Å². The molecule has 3 N–H and O–H groups in total. The maximum atomic E-state index is 12.5. The van der Waals surface area contributed by atoms with E-state index in [1.54, 1.807) is 27.9 Å². The Morgan fingerprint density at radius 1 is 1.21 bits per heavy atom. The Morgan fingerprint density at radius 3 is 2.45 bits per heavy atom. The molecule has 1 aromatic heterocycles. The highest BCUT2D eigenvalue weighted by molar-refractivity contribution is 7.18. The Bertz CT molecular complexity index is 878. The monoisotopic (exact) mass is 418 g/mol. The average molecular weight is 419 g/mol. The first kappa shape index (κ1) is 22.6. The van der Waals surface area contributed by atoms with Crippen LogP contribution in [0.4, 0.5) is 5.00 Å². The van der Waals surface area contributed by atoms with Crippen molar-refractivity contribution in [1.82, 2.24) is 4.90 Å². The van der Waals surface area contributed by atoms with Gasteiger partial charge in [0.05, 0.1) is 17.0 Å². The van der Waals surface area contributed by atoms with Crippen LogP contribution in [-0.4, -0.2) is 49.9 Å². The van der Waals surface area contributed by atoms with Crippen molar-refractivity contribution in [2.24, 2.45) is 0 Å². The first-order valence-electron chi connectivity index (χ1n) is 9.46. The van der Waals surface area contributed by atoms with Crippen LogP contribution in [0.1, 0.15) is 51.0 Å². The lowest BCUT2D eigenvalue weighted by Crippen LogP contribution is -2.86. The molecular weight excluding hydrogens is 390 g/mol. The Labute approximate surface area is 175 Å². The third kappa shape index (κ3) is 5.65. The molecule has 0 saturated heterocycles. The molecule has 1 heterocycles. The van der Waals surface area contributed by atoms with E-state index >= 15 is 0 Å². The molecule has 29 heavy (non-hydrogen) atoms. The van der Waals surface area contributed by atoms with Gasteiger partial charge in [-0.15, -0.1) is 11.3 Å². The number of carbonyl (C=O) groups is 3. The predicted octanol–water partition coefficient (Wildman–Crippen LogP) is 2.20. The number of nitrogens with one attached hydrogen (secondary N) is 1. The Hall–Kier alpha value is -2.71. The number of anilines is 1. The standard InChI is InChI=1S/C21H27N3O4S/c1-6-28-21(27)17-13(2)18(20(26)24(4)5)29-19(17)23-16(25)12-22-14(3)15-10-8-7-9-11-15/h7-11,14,22H,6,12H2,1-5H3,(H,23,25)/p+1/t14-/m0/s1. The molecule has 1 atom stereocenters. The van der Waals surface area contributed by atoms with Gasteiger partial charge in [-0.25, -0.2) is 4.79 Å². The molecule has 0 spiro atoms. The minimum Gasteiger partial charge on any atom is -0.462 e. The van der Waals surface area contributed by atoms with E-state index in [2.05, 4.69) is 5.32 Å². The summed E-state index contributed by atoms with van der Waals surface area (Å²) in [4.78, 5) is 39.2. The molecule has 0 bridgehead atoms. The van der Waals surface area contributed by atoms with Crippen LogP contribution in [0, 0.1) is 6.92 Å². The van der Waals surface area contributed by atoms with E-state index < -0.39 is 5.97 Å². The number of amides is 2. The number of esters is 1. The minimum atomic E-state index is -0.545. The predicted molar refractivity (Wildman–Crippen MR) is 113 cm³/mol. The molecule has 0 saturated carbocycles. The van der Waals surface area contributed by atoms with Gasteiger partial charge in [0.25, 0.3) is 11.8 Å². The summed E-state index contributed by atoms with van der Waals surface area (Å²) in [5.74, 6) is -1.01. The molecule has 2 aromatic rings. The van der Waals surface area contributed by atoms with Crippen LogP contribution < -0.4 is 10.6 Å². The molecule has 156 valence electrons. The fourth-order valence-corrected chi connectivity index (χ4v) is 4.04. The number of nitrogens with zero attached hydrogens (tertiary/aromatic N) is 1. The van der Waals surface area contributed by atoms with Crippen molar-refractivity contribution in [3.63, 3.8) is 0 Å². The maximum absolute atomic E-state index is 12.5. The number of nitrogens with two attached hydrogens (primary N) is 1. The normalized spacial score (nSPS) is 11.6. The largest absolute Gasteiger partial charge is 0.462 e. The second-order valence-electron chi connectivity index (χ2n) is 6.87. The number of hydrogen-bond acceptors (Lipinski definition) is 5. The van der Waals surface area contributed by atoms with Gasteiger partial charge in [-0.1, -0.05) is 30.3 Å². The second-order valence-corrected chi connectivity index (χ2v) is 7.89. The fourth-order valence-electron chi connectivity index (χ4n) is 2.81. The molecule has 0 aliphatic heterocycles. The number of rotatable bonds is 8. The van der Waals surface area contributed by atoms with Crippen LogP contribution in [-0.2, 0) is 9.53 Å². The van der Waals surface area contributed by atoms with Gasteiger partial charge >= 0.3 is 5.97 Å². The van der Waals surface area contributed by atoms with Gasteiger partial charge in [-0.3, -0.25) is 9.59 Å². The van der Waals surface area contributed by atoms with Crippen molar-refractivity contribution in [3.05, 3.63) is 51.9 Å². The summed E-state index contributed by atoms with van der Waals surface area (Å²) in [5.41, 5.74) is 1.88. The van der Waals surface area contributed by atoms with Crippen molar-refractivity contribution in [1.29, 1.82) is 0 Å². The topological polar surface area (TPSA) is 92.3 Å². The summed E-state index contributed by atoms with van der Waals surface area (Å²) in [6, 6.07) is 10.0. The number of benzene rings is 1. The van der Waals surface area contributed by atoms with Crippen molar-refractivity contribution in [2.75, 3.05) is 32.6 Å². The van der Waals surface area contributed by atoms with E-state index in [1.807, 2.05) is 42.6 Å². The van der Waals surface area contributed by atoms with E-state index in [-0.39, 0.29) is 36.6 Å². The molecule has 1 aromatic carbocycles. The number of hydrogen-bond donors (Lipinski definition) is 2. The lowest BCUT2D eigenvalue weighted by atomic mass is 10.1. The molecule has 0 fully saturated rings. The van der Waals surface area contributed by atoms with Crippen molar-refractivity contribution in [2.45, 2.75) is 26.8 Å².